The molecule has 1 aromatic heterocycles. The van der Waals surface area contributed by atoms with E-state index in [2.05, 4.69) is 29.1 Å². The molecule has 1 atom stereocenters. The Morgan fingerprint density at radius 2 is 2.10 bits per heavy atom. The van der Waals surface area contributed by atoms with Gasteiger partial charge in [-0.05, 0) is 36.5 Å². The third-order valence-electron chi connectivity index (χ3n) is 4.15. The predicted molar refractivity (Wildman–Crippen MR) is 81.0 cm³/mol. The zero-order chi connectivity index (χ0) is 13.9. The molecule has 1 heterocycles. The molecule has 1 aromatic carbocycles. The smallest absolute Gasteiger partial charge is 0.123 e. The highest BCUT2D eigenvalue weighted by atomic mass is 16.5. The third kappa shape index (κ3) is 2.59. The number of rotatable bonds is 3. The Bertz CT molecular complexity index is 588. The molecule has 1 aliphatic carbocycles. The lowest BCUT2D eigenvalue weighted by molar-refractivity contribution is 0.408. The van der Waals surface area contributed by atoms with Gasteiger partial charge in [-0.25, -0.2) is 0 Å². The Hall–Kier alpha value is -1.74. The van der Waals surface area contributed by atoms with Gasteiger partial charge in [0, 0.05) is 24.0 Å². The average Bonchev–Trinajstić information content (AvgIpc) is 2.79. The highest BCUT2D eigenvalue weighted by molar-refractivity contribution is 5.35. The second-order valence-corrected chi connectivity index (χ2v) is 5.58. The van der Waals surface area contributed by atoms with Crippen LogP contribution in [0.2, 0.25) is 0 Å². The molecule has 0 amide bonds. The van der Waals surface area contributed by atoms with E-state index < -0.39 is 0 Å². The topological polar surface area (TPSA) is 40.2 Å². The van der Waals surface area contributed by atoms with Gasteiger partial charge < -0.3 is 15.0 Å². The van der Waals surface area contributed by atoms with Crippen LogP contribution in [0.1, 0.15) is 42.0 Å². The van der Waals surface area contributed by atoms with Crippen LogP contribution in [0.5, 0.6) is 5.75 Å². The number of methoxy groups -OCH3 is 1. The maximum Gasteiger partial charge on any atom is 0.123 e. The van der Waals surface area contributed by atoms with Crippen LogP contribution in [0.4, 0.5) is 0 Å². The van der Waals surface area contributed by atoms with Crippen molar-refractivity contribution in [2.24, 2.45) is 5.73 Å². The average molecular weight is 270 g/mol. The number of ether oxygens (including phenoxy) is 1. The van der Waals surface area contributed by atoms with Crippen molar-refractivity contribution in [3.8, 4) is 5.75 Å². The van der Waals surface area contributed by atoms with Crippen molar-refractivity contribution in [3.63, 3.8) is 0 Å². The first kappa shape index (κ1) is 13.3. The van der Waals surface area contributed by atoms with Crippen LogP contribution in [0, 0.1) is 0 Å². The molecular formula is C17H22N2O. The molecule has 3 heteroatoms. The SMILES string of the molecule is COc1ccccc1Cn1cc2c(c1)C(N)CCCC2. The number of hydrogen-bond acceptors (Lipinski definition) is 2. The maximum absolute atomic E-state index is 6.27. The summed E-state index contributed by atoms with van der Waals surface area (Å²) in [6.07, 6.45) is 9.22. The zero-order valence-electron chi connectivity index (χ0n) is 12.0. The molecule has 0 radical (unpaired) electrons. The molecule has 0 saturated carbocycles. The van der Waals surface area contributed by atoms with Gasteiger partial charge in [0.25, 0.3) is 0 Å². The molecule has 0 spiro atoms. The van der Waals surface area contributed by atoms with E-state index in [1.807, 2.05) is 12.1 Å². The highest BCUT2D eigenvalue weighted by Crippen LogP contribution is 2.28. The molecule has 0 fully saturated rings. The third-order valence-corrected chi connectivity index (χ3v) is 4.15. The van der Waals surface area contributed by atoms with Gasteiger partial charge in [0.1, 0.15) is 5.75 Å². The van der Waals surface area contributed by atoms with Crippen LogP contribution >= 0.6 is 0 Å². The molecule has 2 N–H and O–H groups in total. The van der Waals surface area contributed by atoms with E-state index in [-0.39, 0.29) is 6.04 Å². The summed E-state index contributed by atoms with van der Waals surface area (Å²) in [7, 11) is 1.72. The Morgan fingerprint density at radius 1 is 1.25 bits per heavy atom. The van der Waals surface area contributed by atoms with Crippen molar-refractivity contribution in [3.05, 3.63) is 53.3 Å². The molecule has 2 aromatic rings. The van der Waals surface area contributed by atoms with E-state index in [4.69, 9.17) is 10.5 Å². The van der Waals surface area contributed by atoms with Crippen molar-refractivity contribution in [1.82, 2.24) is 4.57 Å². The Labute approximate surface area is 120 Å². The second kappa shape index (κ2) is 5.71. The van der Waals surface area contributed by atoms with Crippen molar-refractivity contribution in [2.45, 2.75) is 38.3 Å². The molecule has 1 unspecified atom stereocenters. The summed E-state index contributed by atoms with van der Waals surface area (Å²) >= 11 is 0. The van der Waals surface area contributed by atoms with Gasteiger partial charge in [0.2, 0.25) is 0 Å². The number of aryl methyl sites for hydroxylation is 1. The number of nitrogens with two attached hydrogens (primary N) is 1. The van der Waals surface area contributed by atoms with E-state index in [1.165, 1.54) is 29.5 Å². The molecule has 20 heavy (non-hydrogen) atoms. The zero-order valence-corrected chi connectivity index (χ0v) is 12.0. The Balaban J connectivity index is 1.87. The fourth-order valence-corrected chi connectivity index (χ4v) is 3.07. The van der Waals surface area contributed by atoms with Crippen molar-refractivity contribution in [2.75, 3.05) is 7.11 Å². The largest absolute Gasteiger partial charge is 0.496 e. The number of fused-ring (bicyclic) bond motifs is 1. The number of hydrogen-bond donors (Lipinski definition) is 1. The summed E-state index contributed by atoms with van der Waals surface area (Å²) in [5.74, 6) is 0.945. The normalized spacial score (nSPS) is 18.4. The predicted octanol–water partition coefficient (Wildman–Crippen LogP) is 3.27. The molecular weight excluding hydrogens is 248 g/mol. The van der Waals surface area contributed by atoms with Gasteiger partial charge in [0.05, 0.1) is 13.7 Å². The van der Waals surface area contributed by atoms with E-state index in [0.717, 1.165) is 25.1 Å². The Morgan fingerprint density at radius 3 is 2.95 bits per heavy atom. The Kier molecular flexibility index (Phi) is 3.79. The first-order chi connectivity index (χ1) is 9.78. The first-order valence-corrected chi connectivity index (χ1v) is 7.34. The summed E-state index contributed by atoms with van der Waals surface area (Å²) in [5.41, 5.74) is 10.2. The van der Waals surface area contributed by atoms with Gasteiger partial charge >= 0.3 is 0 Å². The van der Waals surface area contributed by atoms with Gasteiger partial charge in [-0.2, -0.15) is 0 Å². The van der Waals surface area contributed by atoms with Crippen LogP contribution in [-0.2, 0) is 13.0 Å². The lowest BCUT2D eigenvalue weighted by Crippen LogP contribution is -2.09. The minimum atomic E-state index is 0.200. The highest BCUT2D eigenvalue weighted by Gasteiger charge is 2.17. The minimum absolute atomic E-state index is 0.200. The quantitative estimate of drug-likeness (QED) is 0.870. The summed E-state index contributed by atoms with van der Waals surface area (Å²) in [4.78, 5) is 0. The van der Waals surface area contributed by atoms with Gasteiger partial charge in [-0.1, -0.05) is 24.6 Å². The van der Waals surface area contributed by atoms with Crippen LogP contribution in [0.15, 0.2) is 36.7 Å². The lowest BCUT2D eigenvalue weighted by Gasteiger charge is -2.10. The molecule has 1 aliphatic rings. The number of benzene rings is 1. The summed E-state index contributed by atoms with van der Waals surface area (Å²) < 4.78 is 7.67. The van der Waals surface area contributed by atoms with Crippen LogP contribution in [0.3, 0.4) is 0 Å². The van der Waals surface area contributed by atoms with Crippen LogP contribution in [-0.4, -0.2) is 11.7 Å². The first-order valence-electron chi connectivity index (χ1n) is 7.34. The molecule has 0 aliphatic heterocycles. The molecule has 3 nitrogen and oxygen atoms in total. The van der Waals surface area contributed by atoms with E-state index in [0.29, 0.717) is 0 Å². The van der Waals surface area contributed by atoms with E-state index in [1.54, 1.807) is 7.11 Å². The van der Waals surface area contributed by atoms with E-state index >= 15 is 0 Å². The number of nitrogens with zero attached hydrogens (tertiary/aromatic N) is 1. The summed E-state index contributed by atoms with van der Waals surface area (Å²) in [6.45, 7) is 0.837. The molecule has 0 bridgehead atoms. The standard InChI is InChI=1S/C17H22N2O/c1-20-17-9-5-3-7-14(17)11-19-10-13-6-2-4-8-16(18)15(13)12-19/h3,5,7,9-10,12,16H,2,4,6,8,11,18H2,1H3. The fourth-order valence-electron chi connectivity index (χ4n) is 3.07. The monoisotopic (exact) mass is 270 g/mol. The second-order valence-electron chi connectivity index (χ2n) is 5.58. The van der Waals surface area contributed by atoms with Crippen molar-refractivity contribution in [1.29, 1.82) is 0 Å². The maximum atomic E-state index is 6.27. The molecule has 3 rings (SSSR count). The van der Waals surface area contributed by atoms with Crippen LogP contribution < -0.4 is 10.5 Å². The molecule has 106 valence electrons. The van der Waals surface area contributed by atoms with Gasteiger partial charge in [-0.3, -0.25) is 0 Å². The van der Waals surface area contributed by atoms with Crippen molar-refractivity contribution >= 4 is 0 Å². The number of para-hydroxylation sites is 1. The number of aromatic nitrogens is 1. The minimum Gasteiger partial charge on any atom is -0.496 e. The summed E-state index contributed by atoms with van der Waals surface area (Å²) in [5, 5.41) is 0. The fraction of sp³-hybridized carbons (Fsp3) is 0.412. The van der Waals surface area contributed by atoms with E-state index in [9.17, 15) is 0 Å². The molecule has 0 saturated heterocycles. The lowest BCUT2D eigenvalue weighted by atomic mass is 10.1. The van der Waals surface area contributed by atoms with Crippen molar-refractivity contribution < 1.29 is 4.74 Å². The van der Waals surface area contributed by atoms with Gasteiger partial charge in [-0.15, -0.1) is 0 Å². The van der Waals surface area contributed by atoms with Crippen LogP contribution in [0.25, 0.3) is 0 Å². The van der Waals surface area contributed by atoms with Gasteiger partial charge in [0.15, 0.2) is 0 Å². The summed E-state index contributed by atoms with van der Waals surface area (Å²) in [6, 6.07) is 8.38.